The summed E-state index contributed by atoms with van der Waals surface area (Å²) in [5.41, 5.74) is 2.62. The number of hydrogen-bond donors (Lipinski definition) is 0. The molecule has 0 radical (unpaired) electrons. The number of amides is 1. The third-order valence-corrected chi connectivity index (χ3v) is 8.05. The molecule has 4 atom stereocenters. The van der Waals surface area contributed by atoms with Crippen LogP contribution < -0.4 is 0 Å². The molecule has 0 spiro atoms. The van der Waals surface area contributed by atoms with Crippen LogP contribution in [0.15, 0.2) is 48.7 Å². The summed E-state index contributed by atoms with van der Waals surface area (Å²) in [5.74, 6) is 1.81. The van der Waals surface area contributed by atoms with Crippen molar-refractivity contribution in [2.45, 2.75) is 32.1 Å². The van der Waals surface area contributed by atoms with Gasteiger partial charge in [-0.05, 0) is 67.5 Å². The first-order valence-electron chi connectivity index (χ1n) is 12.5. The molecule has 0 N–H and O–H groups in total. The van der Waals surface area contributed by atoms with Gasteiger partial charge in [0.1, 0.15) is 5.82 Å². The number of carbonyl (C=O) groups is 1. The summed E-state index contributed by atoms with van der Waals surface area (Å²) in [5, 5.41) is 0. The van der Waals surface area contributed by atoms with Crippen LogP contribution in [0.3, 0.4) is 0 Å². The molecule has 1 aliphatic heterocycles. The number of rotatable bonds is 4. The maximum absolute atomic E-state index is 13.6. The van der Waals surface area contributed by atoms with Gasteiger partial charge in [-0.2, -0.15) is 0 Å². The van der Waals surface area contributed by atoms with Crippen molar-refractivity contribution in [1.82, 2.24) is 14.8 Å². The summed E-state index contributed by atoms with van der Waals surface area (Å²) in [7, 11) is 2.13. The zero-order valence-electron chi connectivity index (χ0n) is 19.5. The highest BCUT2D eigenvalue weighted by atomic mass is 19.1. The van der Waals surface area contributed by atoms with E-state index in [4.69, 9.17) is 0 Å². The van der Waals surface area contributed by atoms with Crippen LogP contribution in [0.2, 0.25) is 0 Å². The summed E-state index contributed by atoms with van der Waals surface area (Å²) >= 11 is 0. The largest absolute Gasteiger partial charge is 0.340 e. The standard InChI is InChI=1S/C28H34FN3O/c1-31-13-15-32(16-14-31)28(33)27-18-21-5-2-3-8-25(21)26(27)12-11-24-10-9-22(19-30-24)20-6-4-7-23(29)17-20/h4,6-7,9-12,17,19,21,25-27H,2-3,5,8,13-16,18H2,1H3/t21-,25-,26+,27+/m1/s1. The minimum atomic E-state index is -0.240. The van der Waals surface area contributed by atoms with Crippen molar-refractivity contribution in [2.24, 2.45) is 23.7 Å². The fourth-order valence-electron chi connectivity index (χ4n) is 6.17. The lowest BCUT2D eigenvalue weighted by Crippen LogP contribution is -2.49. The van der Waals surface area contributed by atoms with Gasteiger partial charge in [0.25, 0.3) is 0 Å². The van der Waals surface area contributed by atoms with E-state index in [0.717, 1.165) is 49.4 Å². The van der Waals surface area contributed by atoms with Gasteiger partial charge in [-0.3, -0.25) is 9.78 Å². The molecule has 2 heterocycles. The second-order valence-corrected chi connectivity index (χ2v) is 10.1. The van der Waals surface area contributed by atoms with E-state index in [-0.39, 0.29) is 11.7 Å². The Hall–Kier alpha value is -2.53. The Kier molecular flexibility index (Phi) is 6.59. The fourth-order valence-corrected chi connectivity index (χ4v) is 6.17. The molecule has 1 aromatic carbocycles. The van der Waals surface area contributed by atoms with Gasteiger partial charge in [0.2, 0.25) is 5.91 Å². The first kappa shape index (κ1) is 22.3. The Morgan fingerprint density at radius 1 is 1.06 bits per heavy atom. The van der Waals surface area contributed by atoms with E-state index in [1.54, 1.807) is 12.3 Å². The number of piperazine rings is 1. The number of benzene rings is 1. The van der Waals surface area contributed by atoms with Crippen LogP contribution >= 0.6 is 0 Å². The molecule has 33 heavy (non-hydrogen) atoms. The number of aromatic nitrogens is 1. The summed E-state index contributed by atoms with van der Waals surface area (Å²) < 4.78 is 13.6. The molecule has 5 heteroatoms. The number of fused-ring (bicyclic) bond motifs is 1. The van der Waals surface area contributed by atoms with E-state index in [2.05, 4.69) is 34.0 Å². The van der Waals surface area contributed by atoms with E-state index in [1.807, 2.05) is 18.2 Å². The highest BCUT2D eigenvalue weighted by Crippen LogP contribution is 2.50. The smallest absolute Gasteiger partial charge is 0.226 e. The molecule has 0 bridgehead atoms. The van der Waals surface area contributed by atoms with Gasteiger partial charge in [0.05, 0.1) is 5.69 Å². The second-order valence-electron chi connectivity index (χ2n) is 10.1. The fraction of sp³-hybridized carbons (Fsp3) is 0.500. The Balaban J connectivity index is 1.33. The van der Waals surface area contributed by atoms with Gasteiger partial charge >= 0.3 is 0 Å². The van der Waals surface area contributed by atoms with E-state index in [9.17, 15) is 9.18 Å². The molecule has 3 aliphatic rings. The predicted molar refractivity (Wildman–Crippen MR) is 130 cm³/mol. The molecule has 1 saturated heterocycles. The SMILES string of the molecule is CN1CCN(C(=O)[C@H]2C[C@H]3CCCC[C@H]3[C@@H]2C=Cc2ccc(-c3cccc(F)c3)cn2)CC1. The molecular formula is C28H34FN3O. The van der Waals surface area contributed by atoms with Gasteiger partial charge in [-0.25, -0.2) is 4.39 Å². The van der Waals surface area contributed by atoms with Crippen LogP contribution in [-0.4, -0.2) is 53.9 Å². The first-order valence-corrected chi connectivity index (χ1v) is 12.5. The maximum Gasteiger partial charge on any atom is 0.226 e. The number of likely N-dealkylation sites (N-methyl/N-ethyl adjacent to an activating group) is 1. The van der Waals surface area contributed by atoms with Gasteiger partial charge in [-0.15, -0.1) is 0 Å². The zero-order chi connectivity index (χ0) is 22.8. The van der Waals surface area contributed by atoms with Crippen molar-refractivity contribution in [3.8, 4) is 11.1 Å². The Morgan fingerprint density at radius 3 is 2.64 bits per heavy atom. The number of allylic oxidation sites excluding steroid dienone is 1. The average Bonchev–Trinajstić information content (AvgIpc) is 3.22. The van der Waals surface area contributed by atoms with Gasteiger partial charge < -0.3 is 9.80 Å². The molecule has 5 rings (SSSR count). The van der Waals surface area contributed by atoms with Crippen LogP contribution in [0.25, 0.3) is 17.2 Å². The van der Waals surface area contributed by atoms with Crippen LogP contribution in [0.5, 0.6) is 0 Å². The summed E-state index contributed by atoms with van der Waals surface area (Å²) in [4.78, 5) is 22.5. The zero-order valence-corrected chi connectivity index (χ0v) is 19.5. The minimum Gasteiger partial charge on any atom is -0.340 e. The number of pyridine rings is 1. The van der Waals surface area contributed by atoms with Crippen molar-refractivity contribution in [1.29, 1.82) is 0 Å². The average molecular weight is 448 g/mol. The highest BCUT2D eigenvalue weighted by molar-refractivity contribution is 5.80. The lowest BCUT2D eigenvalue weighted by molar-refractivity contribution is -0.138. The van der Waals surface area contributed by atoms with E-state index >= 15 is 0 Å². The van der Waals surface area contributed by atoms with Crippen LogP contribution in [-0.2, 0) is 4.79 Å². The molecule has 2 aromatic rings. The molecule has 2 aliphatic carbocycles. The first-order chi connectivity index (χ1) is 16.1. The molecule has 3 fully saturated rings. The normalized spacial score (nSPS) is 28.2. The third-order valence-electron chi connectivity index (χ3n) is 8.05. The lowest BCUT2D eigenvalue weighted by Gasteiger charge is -2.35. The lowest BCUT2D eigenvalue weighted by atomic mass is 9.77. The second kappa shape index (κ2) is 9.76. The molecule has 1 amide bonds. The number of nitrogens with zero attached hydrogens (tertiary/aromatic N) is 3. The Morgan fingerprint density at radius 2 is 1.88 bits per heavy atom. The monoisotopic (exact) mass is 447 g/mol. The van der Waals surface area contributed by atoms with Crippen molar-refractivity contribution in [2.75, 3.05) is 33.2 Å². The van der Waals surface area contributed by atoms with E-state index < -0.39 is 0 Å². The topological polar surface area (TPSA) is 36.4 Å². The number of carbonyl (C=O) groups excluding carboxylic acids is 1. The van der Waals surface area contributed by atoms with Gasteiger partial charge in [-0.1, -0.05) is 43.5 Å². The van der Waals surface area contributed by atoms with Crippen LogP contribution in [0.4, 0.5) is 4.39 Å². The number of halogens is 1. The van der Waals surface area contributed by atoms with Crippen molar-refractivity contribution >= 4 is 12.0 Å². The minimum absolute atomic E-state index is 0.101. The molecule has 0 unspecified atom stereocenters. The van der Waals surface area contributed by atoms with Gasteiger partial charge in [0, 0.05) is 43.9 Å². The van der Waals surface area contributed by atoms with Crippen LogP contribution in [0.1, 0.15) is 37.8 Å². The van der Waals surface area contributed by atoms with E-state index in [1.165, 1.54) is 37.8 Å². The highest BCUT2D eigenvalue weighted by Gasteiger charge is 2.46. The Bertz CT molecular complexity index is 996. The quantitative estimate of drug-likeness (QED) is 0.653. The number of hydrogen-bond acceptors (Lipinski definition) is 3. The van der Waals surface area contributed by atoms with E-state index in [0.29, 0.717) is 23.7 Å². The third kappa shape index (κ3) is 4.89. The van der Waals surface area contributed by atoms with Crippen molar-refractivity contribution in [3.05, 3.63) is 60.2 Å². The molecule has 4 nitrogen and oxygen atoms in total. The van der Waals surface area contributed by atoms with Crippen molar-refractivity contribution < 1.29 is 9.18 Å². The molecule has 2 saturated carbocycles. The van der Waals surface area contributed by atoms with Crippen LogP contribution in [0, 0.1) is 29.5 Å². The Labute approximate surface area is 196 Å². The van der Waals surface area contributed by atoms with Crippen molar-refractivity contribution in [3.63, 3.8) is 0 Å². The predicted octanol–water partition coefficient (Wildman–Crippen LogP) is 5.12. The molecule has 174 valence electrons. The molecule has 1 aromatic heterocycles. The molecular weight excluding hydrogens is 413 g/mol. The van der Waals surface area contributed by atoms with Gasteiger partial charge in [0.15, 0.2) is 0 Å². The summed E-state index contributed by atoms with van der Waals surface area (Å²) in [6, 6.07) is 10.6. The summed E-state index contributed by atoms with van der Waals surface area (Å²) in [6.07, 6.45) is 12.3. The maximum atomic E-state index is 13.6. The summed E-state index contributed by atoms with van der Waals surface area (Å²) in [6.45, 7) is 3.63.